The van der Waals surface area contributed by atoms with E-state index in [1.807, 2.05) is 0 Å². The first-order chi connectivity index (χ1) is 9.23. The van der Waals surface area contributed by atoms with E-state index >= 15 is 0 Å². The molecule has 112 valence electrons. The summed E-state index contributed by atoms with van der Waals surface area (Å²) in [4.78, 5) is 11.7. The van der Waals surface area contributed by atoms with E-state index in [2.05, 4.69) is 10.0 Å². The first-order valence-corrected chi connectivity index (χ1v) is 7.82. The van der Waals surface area contributed by atoms with Crippen LogP contribution in [0, 0.1) is 0 Å². The molecule has 1 atom stereocenters. The van der Waals surface area contributed by atoms with Crippen LogP contribution < -0.4 is 15.8 Å². The molecular weight excluding hydrogens is 306 g/mol. The van der Waals surface area contributed by atoms with Gasteiger partial charge in [-0.3, -0.25) is 9.52 Å². The lowest BCUT2D eigenvalue weighted by Gasteiger charge is -2.13. The van der Waals surface area contributed by atoms with E-state index in [1.54, 1.807) is 0 Å². The highest BCUT2D eigenvalue weighted by molar-refractivity contribution is 7.92. The Balaban J connectivity index is 2.89. The normalized spacial score (nSPS) is 12.8. The largest absolute Gasteiger partial charge is 0.383 e. The van der Waals surface area contributed by atoms with Gasteiger partial charge in [-0.05, 0) is 18.2 Å². The summed E-state index contributed by atoms with van der Waals surface area (Å²) < 4.78 is 29.3. The van der Waals surface area contributed by atoms with Crippen molar-refractivity contribution in [1.29, 1.82) is 0 Å². The van der Waals surface area contributed by atoms with Crippen LogP contribution in [0.4, 0.5) is 11.4 Å². The van der Waals surface area contributed by atoms with E-state index in [4.69, 9.17) is 22.1 Å². The van der Waals surface area contributed by atoms with Gasteiger partial charge in [-0.2, -0.15) is 0 Å². The summed E-state index contributed by atoms with van der Waals surface area (Å²) >= 11 is 5.93. The average molecular weight is 322 g/mol. The van der Waals surface area contributed by atoms with Gasteiger partial charge in [-0.1, -0.05) is 11.6 Å². The summed E-state index contributed by atoms with van der Waals surface area (Å²) in [7, 11) is -1.98. The van der Waals surface area contributed by atoms with E-state index in [9.17, 15) is 13.2 Å². The lowest BCUT2D eigenvalue weighted by Crippen LogP contribution is -2.39. The first-order valence-electron chi connectivity index (χ1n) is 5.55. The molecule has 1 amide bonds. The SMILES string of the molecule is COCC(N)C(=O)Nc1cc(NS(C)(=O)=O)ccc1Cl. The maximum absolute atomic E-state index is 11.7. The second-order valence-corrected chi connectivity index (χ2v) is 6.28. The Morgan fingerprint density at radius 3 is 2.70 bits per heavy atom. The molecule has 0 aromatic heterocycles. The minimum Gasteiger partial charge on any atom is -0.383 e. The summed E-state index contributed by atoms with van der Waals surface area (Å²) in [5.41, 5.74) is 6.12. The fraction of sp³-hybridized carbons (Fsp3) is 0.364. The number of rotatable bonds is 6. The Morgan fingerprint density at radius 1 is 1.50 bits per heavy atom. The number of methoxy groups -OCH3 is 1. The van der Waals surface area contributed by atoms with Crippen LogP contribution in [0.3, 0.4) is 0 Å². The van der Waals surface area contributed by atoms with Crippen LogP contribution in [-0.4, -0.2) is 40.3 Å². The van der Waals surface area contributed by atoms with Crippen molar-refractivity contribution in [1.82, 2.24) is 0 Å². The van der Waals surface area contributed by atoms with Crippen LogP contribution in [0.25, 0.3) is 0 Å². The number of anilines is 2. The molecule has 0 bridgehead atoms. The van der Waals surface area contributed by atoms with E-state index < -0.39 is 22.0 Å². The van der Waals surface area contributed by atoms with Crippen LogP contribution in [0.1, 0.15) is 0 Å². The third kappa shape index (κ3) is 5.33. The molecule has 1 aromatic carbocycles. The highest BCUT2D eigenvalue weighted by Gasteiger charge is 2.15. The Labute approximate surface area is 122 Å². The molecule has 0 radical (unpaired) electrons. The van der Waals surface area contributed by atoms with Crippen LogP contribution in [0.2, 0.25) is 5.02 Å². The van der Waals surface area contributed by atoms with Crippen LogP contribution in [0.5, 0.6) is 0 Å². The van der Waals surface area contributed by atoms with Crippen molar-refractivity contribution >= 4 is 38.9 Å². The lowest BCUT2D eigenvalue weighted by molar-refractivity contribution is -0.118. The predicted octanol–water partition coefficient (Wildman–Crippen LogP) is 0.624. The number of nitrogens with one attached hydrogen (secondary N) is 2. The smallest absolute Gasteiger partial charge is 0.243 e. The van der Waals surface area contributed by atoms with Crippen molar-refractivity contribution in [2.75, 3.05) is 30.0 Å². The number of sulfonamides is 1. The van der Waals surface area contributed by atoms with Gasteiger partial charge in [0.25, 0.3) is 0 Å². The van der Waals surface area contributed by atoms with Gasteiger partial charge < -0.3 is 15.8 Å². The second kappa shape index (κ2) is 6.89. The number of carbonyl (C=O) groups excluding carboxylic acids is 1. The summed E-state index contributed by atoms with van der Waals surface area (Å²) in [6.45, 7) is 0.0603. The molecule has 0 saturated heterocycles. The fourth-order valence-corrected chi connectivity index (χ4v) is 2.10. The molecule has 0 aliphatic rings. The quantitative estimate of drug-likeness (QED) is 0.711. The van der Waals surface area contributed by atoms with Gasteiger partial charge in [0.2, 0.25) is 15.9 Å². The van der Waals surface area contributed by atoms with E-state index in [0.717, 1.165) is 6.26 Å². The van der Waals surface area contributed by atoms with Gasteiger partial charge in [0.15, 0.2) is 0 Å². The van der Waals surface area contributed by atoms with Crippen molar-refractivity contribution in [2.45, 2.75) is 6.04 Å². The Bertz CT molecular complexity index is 591. The molecule has 0 heterocycles. The Morgan fingerprint density at radius 2 is 2.15 bits per heavy atom. The summed E-state index contributed by atoms with van der Waals surface area (Å²) in [6.07, 6.45) is 1.02. The van der Waals surface area contributed by atoms with E-state index in [-0.39, 0.29) is 23.0 Å². The van der Waals surface area contributed by atoms with Crippen molar-refractivity contribution in [3.8, 4) is 0 Å². The number of ether oxygens (including phenoxy) is 1. The number of hydrogen-bond donors (Lipinski definition) is 3. The van der Waals surface area contributed by atoms with Crippen LogP contribution >= 0.6 is 11.6 Å². The lowest BCUT2D eigenvalue weighted by atomic mass is 10.2. The summed E-state index contributed by atoms with van der Waals surface area (Å²) in [5.74, 6) is -0.481. The third-order valence-electron chi connectivity index (χ3n) is 2.21. The number of carbonyl (C=O) groups is 1. The van der Waals surface area contributed by atoms with Gasteiger partial charge in [-0.25, -0.2) is 8.42 Å². The van der Waals surface area contributed by atoms with Crippen molar-refractivity contribution in [3.05, 3.63) is 23.2 Å². The van der Waals surface area contributed by atoms with Gasteiger partial charge in [-0.15, -0.1) is 0 Å². The van der Waals surface area contributed by atoms with E-state index in [1.165, 1.54) is 25.3 Å². The van der Waals surface area contributed by atoms with Gasteiger partial charge in [0, 0.05) is 7.11 Å². The van der Waals surface area contributed by atoms with Gasteiger partial charge >= 0.3 is 0 Å². The molecule has 9 heteroatoms. The molecule has 20 heavy (non-hydrogen) atoms. The summed E-state index contributed by atoms with van der Waals surface area (Å²) in [5, 5.41) is 2.78. The minimum absolute atomic E-state index is 0.0603. The Kier molecular flexibility index (Phi) is 5.75. The van der Waals surface area contributed by atoms with Crippen molar-refractivity contribution in [2.24, 2.45) is 5.73 Å². The zero-order valence-electron chi connectivity index (χ0n) is 11.0. The number of hydrogen-bond acceptors (Lipinski definition) is 5. The number of benzene rings is 1. The number of nitrogens with two attached hydrogens (primary N) is 1. The van der Waals surface area contributed by atoms with Crippen molar-refractivity contribution in [3.63, 3.8) is 0 Å². The summed E-state index contributed by atoms with van der Waals surface area (Å²) in [6, 6.07) is 3.50. The molecule has 0 spiro atoms. The Hall–Kier alpha value is -1.35. The zero-order valence-corrected chi connectivity index (χ0v) is 12.6. The minimum atomic E-state index is -3.41. The van der Waals surface area contributed by atoms with E-state index in [0.29, 0.717) is 0 Å². The maximum Gasteiger partial charge on any atom is 0.243 e. The van der Waals surface area contributed by atoms with Gasteiger partial charge in [0.1, 0.15) is 6.04 Å². The third-order valence-corrected chi connectivity index (χ3v) is 3.15. The molecule has 1 aromatic rings. The first kappa shape index (κ1) is 16.7. The molecular formula is C11H16ClN3O4S. The molecule has 1 rings (SSSR count). The van der Waals surface area contributed by atoms with Crippen LogP contribution in [-0.2, 0) is 19.6 Å². The molecule has 4 N–H and O–H groups in total. The standard InChI is InChI=1S/C11H16ClN3O4S/c1-19-6-9(13)11(16)14-10-5-7(3-4-8(10)12)15-20(2,17)18/h3-5,9,15H,6,13H2,1-2H3,(H,14,16). The van der Waals surface area contributed by atoms with Gasteiger partial charge in [0.05, 0.1) is 29.3 Å². The number of halogens is 1. The number of amides is 1. The molecule has 1 unspecified atom stereocenters. The van der Waals surface area contributed by atoms with Crippen LogP contribution in [0.15, 0.2) is 18.2 Å². The fourth-order valence-electron chi connectivity index (χ4n) is 1.38. The maximum atomic E-state index is 11.7. The highest BCUT2D eigenvalue weighted by atomic mass is 35.5. The molecule has 0 saturated carbocycles. The monoisotopic (exact) mass is 321 g/mol. The topological polar surface area (TPSA) is 111 Å². The second-order valence-electron chi connectivity index (χ2n) is 4.12. The molecule has 0 fully saturated rings. The molecule has 0 aliphatic heterocycles. The highest BCUT2D eigenvalue weighted by Crippen LogP contribution is 2.26. The molecule has 7 nitrogen and oxygen atoms in total. The zero-order chi connectivity index (χ0) is 15.3. The average Bonchev–Trinajstić information content (AvgIpc) is 2.31. The molecule has 0 aliphatic carbocycles. The van der Waals surface area contributed by atoms with Crippen molar-refractivity contribution < 1.29 is 17.9 Å². The predicted molar refractivity (Wildman–Crippen MR) is 78.4 cm³/mol.